The first-order chi connectivity index (χ1) is 8.74. The van der Waals surface area contributed by atoms with Crippen LogP contribution in [0.25, 0.3) is 0 Å². The Morgan fingerprint density at radius 1 is 1.06 bits per heavy atom. The molecule has 0 radical (unpaired) electrons. The van der Waals surface area contributed by atoms with Crippen LogP contribution in [0.5, 0.6) is 11.5 Å². The summed E-state index contributed by atoms with van der Waals surface area (Å²) in [4.78, 5) is 0. The van der Waals surface area contributed by atoms with E-state index in [4.69, 9.17) is 18.9 Å². The van der Waals surface area contributed by atoms with E-state index >= 15 is 0 Å². The van der Waals surface area contributed by atoms with Crippen LogP contribution in [0, 0.1) is 13.8 Å². The fourth-order valence-electron chi connectivity index (χ4n) is 1.75. The van der Waals surface area contributed by atoms with Crippen molar-refractivity contribution in [1.29, 1.82) is 0 Å². The highest BCUT2D eigenvalue weighted by atomic mass is 16.6. The molecule has 4 nitrogen and oxygen atoms in total. The van der Waals surface area contributed by atoms with Crippen molar-refractivity contribution in [3.05, 3.63) is 23.3 Å². The van der Waals surface area contributed by atoms with Crippen LogP contribution in [0.3, 0.4) is 0 Å². The molecule has 2 atom stereocenters. The summed E-state index contributed by atoms with van der Waals surface area (Å²) in [5.41, 5.74) is 2.33. The Labute approximate surface area is 107 Å². The summed E-state index contributed by atoms with van der Waals surface area (Å²) in [6, 6.07) is 4.02. The molecule has 3 rings (SSSR count). The van der Waals surface area contributed by atoms with Crippen molar-refractivity contribution in [2.75, 3.05) is 26.4 Å². The fraction of sp³-hybridized carbons (Fsp3) is 0.571. The SMILES string of the molecule is Cc1ccc(OCC2CO2)c(OCC2CO2)c1C. The number of aryl methyl sites for hydroxylation is 1. The number of epoxide rings is 2. The van der Waals surface area contributed by atoms with Gasteiger partial charge in [0.05, 0.1) is 13.2 Å². The summed E-state index contributed by atoms with van der Waals surface area (Å²) in [5, 5.41) is 0. The van der Waals surface area contributed by atoms with Crippen LogP contribution in [-0.4, -0.2) is 38.6 Å². The van der Waals surface area contributed by atoms with Crippen LogP contribution in [0.2, 0.25) is 0 Å². The minimum Gasteiger partial charge on any atom is -0.487 e. The molecule has 1 aromatic rings. The second-order valence-electron chi connectivity index (χ2n) is 4.87. The summed E-state index contributed by atoms with van der Waals surface area (Å²) in [6.07, 6.45) is 0.510. The van der Waals surface area contributed by atoms with Crippen LogP contribution in [0.15, 0.2) is 12.1 Å². The third kappa shape index (κ3) is 2.76. The minimum atomic E-state index is 0.254. The molecule has 0 saturated carbocycles. The molecule has 2 fully saturated rings. The monoisotopic (exact) mass is 250 g/mol. The largest absolute Gasteiger partial charge is 0.487 e. The Morgan fingerprint density at radius 2 is 1.67 bits per heavy atom. The van der Waals surface area contributed by atoms with Crippen LogP contribution < -0.4 is 9.47 Å². The molecule has 0 amide bonds. The summed E-state index contributed by atoms with van der Waals surface area (Å²) in [5.74, 6) is 1.64. The molecule has 2 saturated heterocycles. The van der Waals surface area contributed by atoms with Gasteiger partial charge in [-0.3, -0.25) is 0 Å². The molecule has 0 aliphatic carbocycles. The Balaban J connectivity index is 1.73. The number of benzene rings is 1. The molecule has 1 aromatic carbocycles. The van der Waals surface area contributed by atoms with Crippen molar-refractivity contribution >= 4 is 0 Å². The normalized spacial score (nSPS) is 24.8. The first-order valence-electron chi connectivity index (χ1n) is 6.33. The highest BCUT2D eigenvalue weighted by molar-refractivity contribution is 5.49. The molecular formula is C14H18O4. The van der Waals surface area contributed by atoms with Gasteiger partial charge in [0.1, 0.15) is 25.4 Å². The molecule has 0 aromatic heterocycles. The molecular weight excluding hydrogens is 232 g/mol. The standard InChI is InChI=1S/C14H18O4/c1-9-3-4-13(17-7-11-5-15-11)14(10(9)2)18-8-12-6-16-12/h3-4,11-12H,5-8H2,1-2H3. The topological polar surface area (TPSA) is 43.5 Å². The Kier molecular flexibility index (Phi) is 3.14. The van der Waals surface area contributed by atoms with E-state index in [2.05, 4.69) is 19.9 Å². The molecule has 4 heteroatoms. The maximum absolute atomic E-state index is 5.83. The lowest BCUT2D eigenvalue weighted by Crippen LogP contribution is -2.10. The maximum atomic E-state index is 5.83. The second kappa shape index (κ2) is 4.78. The summed E-state index contributed by atoms with van der Waals surface area (Å²) in [6.45, 7) is 6.93. The maximum Gasteiger partial charge on any atom is 0.164 e. The highest BCUT2D eigenvalue weighted by Crippen LogP contribution is 2.34. The first-order valence-corrected chi connectivity index (χ1v) is 6.33. The average molecular weight is 250 g/mol. The van der Waals surface area contributed by atoms with Crippen molar-refractivity contribution in [2.24, 2.45) is 0 Å². The van der Waals surface area contributed by atoms with Gasteiger partial charge in [-0.1, -0.05) is 6.07 Å². The van der Waals surface area contributed by atoms with Gasteiger partial charge in [0, 0.05) is 0 Å². The summed E-state index contributed by atoms with van der Waals surface area (Å²) < 4.78 is 21.9. The lowest BCUT2D eigenvalue weighted by atomic mass is 10.1. The Bertz CT molecular complexity index is 436. The third-order valence-electron chi connectivity index (χ3n) is 3.28. The minimum absolute atomic E-state index is 0.254. The first kappa shape index (κ1) is 11.8. The summed E-state index contributed by atoms with van der Waals surface area (Å²) >= 11 is 0. The molecule has 2 heterocycles. The van der Waals surface area contributed by atoms with Gasteiger partial charge in [0.2, 0.25) is 0 Å². The van der Waals surface area contributed by atoms with Gasteiger partial charge in [-0.05, 0) is 31.0 Å². The fourth-order valence-corrected chi connectivity index (χ4v) is 1.75. The van der Waals surface area contributed by atoms with E-state index in [0.29, 0.717) is 13.2 Å². The number of hydrogen-bond acceptors (Lipinski definition) is 4. The third-order valence-corrected chi connectivity index (χ3v) is 3.28. The van der Waals surface area contributed by atoms with E-state index < -0.39 is 0 Å². The second-order valence-corrected chi connectivity index (χ2v) is 4.87. The molecule has 98 valence electrons. The van der Waals surface area contributed by atoms with E-state index in [9.17, 15) is 0 Å². The molecule has 18 heavy (non-hydrogen) atoms. The van der Waals surface area contributed by atoms with E-state index in [1.807, 2.05) is 6.07 Å². The average Bonchev–Trinajstić information content (AvgIpc) is 3.24. The zero-order chi connectivity index (χ0) is 12.5. The Hall–Kier alpha value is -1.26. The van der Waals surface area contributed by atoms with Crippen LogP contribution in [0.4, 0.5) is 0 Å². The van der Waals surface area contributed by atoms with E-state index in [0.717, 1.165) is 30.3 Å². The van der Waals surface area contributed by atoms with Gasteiger partial charge in [-0.25, -0.2) is 0 Å². The highest BCUT2D eigenvalue weighted by Gasteiger charge is 2.26. The van der Waals surface area contributed by atoms with Crippen molar-refractivity contribution in [3.63, 3.8) is 0 Å². The predicted octanol–water partition coefficient (Wildman–Crippen LogP) is 1.86. The van der Waals surface area contributed by atoms with E-state index in [1.54, 1.807) is 0 Å². The molecule has 0 bridgehead atoms. The Morgan fingerprint density at radius 3 is 2.28 bits per heavy atom. The molecule has 0 spiro atoms. The number of hydrogen-bond donors (Lipinski definition) is 0. The van der Waals surface area contributed by atoms with Crippen molar-refractivity contribution < 1.29 is 18.9 Å². The zero-order valence-corrected chi connectivity index (χ0v) is 10.8. The molecule has 0 N–H and O–H groups in total. The van der Waals surface area contributed by atoms with Gasteiger partial charge in [-0.15, -0.1) is 0 Å². The van der Waals surface area contributed by atoms with Crippen LogP contribution in [0.1, 0.15) is 11.1 Å². The lowest BCUT2D eigenvalue weighted by Gasteiger charge is -2.15. The van der Waals surface area contributed by atoms with Gasteiger partial charge < -0.3 is 18.9 Å². The lowest BCUT2D eigenvalue weighted by molar-refractivity contribution is 0.227. The molecule has 2 aliphatic heterocycles. The number of rotatable bonds is 6. The van der Waals surface area contributed by atoms with Gasteiger partial charge in [-0.2, -0.15) is 0 Å². The van der Waals surface area contributed by atoms with Crippen molar-refractivity contribution in [3.8, 4) is 11.5 Å². The van der Waals surface area contributed by atoms with Crippen molar-refractivity contribution in [2.45, 2.75) is 26.1 Å². The van der Waals surface area contributed by atoms with Crippen LogP contribution >= 0.6 is 0 Å². The zero-order valence-electron chi connectivity index (χ0n) is 10.8. The smallest absolute Gasteiger partial charge is 0.164 e. The van der Waals surface area contributed by atoms with Gasteiger partial charge in [0.25, 0.3) is 0 Å². The van der Waals surface area contributed by atoms with E-state index in [1.165, 1.54) is 5.56 Å². The summed E-state index contributed by atoms with van der Waals surface area (Å²) in [7, 11) is 0. The van der Waals surface area contributed by atoms with Gasteiger partial charge in [0.15, 0.2) is 11.5 Å². The van der Waals surface area contributed by atoms with Crippen molar-refractivity contribution in [1.82, 2.24) is 0 Å². The predicted molar refractivity (Wildman–Crippen MR) is 66.4 cm³/mol. The number of ether oxygens (including phenoxy) is 4. The molecule has 2 aliphatic rings. The quantitative estimate of drug-likeness (QED) is 0.723. The van der Waals surface area contributed by atoms with Crippen LogP contribution in [-0.2, 0) is 9.47 Å². The van der Waals surface area contributed by atoms with Gasteiger partial charge >= 0.3 is 0 Å². The molecule has 2 unspecified atom stereocenters. The van der Waals surface area contributed by atoms with E-state index in [-0.39, 0.29) is 12.2 Å².